The first kappa shape index (κ1) is 22.4. The van der Waals surface area contributed by atoms with E-state index in [9.17, 15) is 9.59 Å². The van der Waals surface area contributed by atoms with Crippen molar-refractivity contribution in [3.63, 3.8) is 0 Å². The van der Waals surface area contributed by atoms with Crippen LogP contribution in [0.1, 0.15) is 43.8 Å². The van der Waals surface area contributed by atoms with E-state index in [-0.39, 0.29) is 13.2 Å². The van der Waals surface area contributed by atoms with Crippen molar-refractivity contribution in [2.24, 2.45) is 0 Å². The molecule has 170 valence electrons. The van der Waals surface area contributed by atoms with E-state index in [0.717, 1.165) is 21.9 Å². The lowest BCUT2D eigenvalue weighted by Crippen LogP contribution is -2.32. The predicted molar refractivity (Wildman–Crippen MR) is 128 cm³/mol. The Morgan fingerprint density at radius 3 is 2.48 bits per heavy atom. The molecule has 0 unspecified atom stereocenters. The van der Waals surface area contributed by atoms with Gasteiger partial charge in [0.2, 0.25) is 0 Å². The van der Waals surface area contributed by atoms with E-state index < -0.39 is 17.7 Å². The SMILES string of the molecule is CCOC(=O)c1c(CNC(=O)OC(C)(C)C)oc2cc(-c3cccc4ccccc34)ccc12. The van der Waals surface area contributed by atoms with Crippen LogP contribution in [0.5, 0.6) is 0 Å². The van der Waals surface area contributed by atoms with E-state index in [0.29, 0.717) is 22.3 Å². The highest BCUT2D eigenvalue weighted by Crippen LogP contribution is 2.34. The molecule has 0 atom stereocenters. The molecule has 6 nitrogen and oxygen atoms in total. The monoisotopic (exact) mass is 445 g/mol. The number of nitrogens with one attached hydrogen (secondary N) is 1. The van der Waals surface area contributed by atoms with Crippen molar-refractivity contribution in [3.8, 4) is 11.1 Å². The maximum absolute atomic E-state index is 12.7. The molecule has 0 aliphatic carbocycles. The minimum Gasteiger partial charge on any atom is -0.462 e. The van der Waals surface area contributed by atoms with Gasteiger partial charge in [0.15, 0.2) is 0 Å². The highest BCUT2D eigenvalue weighted by atomic mass is 16.6. The van der Waals surface area contributed by atoms with E-state index >= 15 is 0 Å². The van der Waals surface area contributed by atoms with Crippen LogP contribution in [0, 0.1) is 0 Å². The van der Waals surface area contributed by atoms with Crippen LogP contribution in [0.4, 0.5) is 4.79 Å². The molecular weight excluding hydrogens is 418 g/mol. The van der Waals surface area contributed by atoms with Crippen LogP contribution in [-0.4, -0.2) is 24.3 Å². The fraction of sp³-hybridized carbons (Fsp3) is 0.259. The quantitative estimate of drug-likeness (QED) is 0.357. The number of hydrogen-bond acceptors (Lipinski definition) is 5. The lowest BCUT2D eigenvalue weighted by Gasteiger charge is -2.19. The summed E-state index contributed by atoms with van der Waals surface area (Å²) in [5, 5.41) is 5.57. The van der Waals surface area contributed by atoms with Gasteiger partial charge in [-0.1, -0.05) is 48.5 Å². The summed E-state index contributed by atoms with van der Waals surface area (Å²) in [6.45, 7) is 7.34. The minimum atomic E-state index is -0.630. The first-order chi connectivity index (χ1) is 15.8. The lowest BCUT2D eigenvalue weighted by molar-refractivity contribution is 0.0498. The number of esters is 1. The van der Waals surface area contributed by atoms with Crippen molar-refractivity contribution in [1.82, 2.24) is 5.32 Å². The Morgan fingerprint density at radius 1 is 0.970 bits per heavy atom. The smallest absolute Gasteiger partial charge is 0.408 e. The molecule has 4 aromatic rings. The Balaban J connectivity index is 1.74. The number of carbonyl (C=O) groups is 2. The molecule has 4 rings (SSSR count). The summed E-state index contributed by atoms with van der Waals surface area (Å²) in [4.78, 5) is 24.8. The van der Waals surface area contributed by atoms with Crippen LogP contribution in [0.2, 0.25) is 0 Å². The summed E-state index contributed by atoms with van der Waals surface area (Å²) in [5.41, 5.74) is 2.26. The van der Waals surface area contributed by atoms with E-state index in [2.05, 4.69) is 29.6 Å². The molecule has 1 N–H and O–H groups in total. The molecule has 0 aliphatic heterocycles. The Bertz CT molecular complexity index is 1320. The number of rotatable bonds is 5. The minimum absolute atomic E-state index is 0.00133. The van der Waals surface area contributed by atoms with Gasteiger partial charge >= 0.3 is 12.1 Å². The van der Waals surface area contributed by atoms with Crippen molar-refractivity contribution in [2.45, 2.75) is 39.8 Å². The summed E-state index contributed by atoms with van der Waals surface area (Å²) >= 11 is 0. The Morgan fingerprint density at radius 2 is 1.73 bits per heavy atom. The maximum Gasteiger partial charge on any atom is 0.408 e. The Kier molecular flexibility index (Phi) is 6.09. The summed E-state index contributed by atoms with van der Waals surface area (Å²) < 4.78 is 16.6. The molecule has 0 saturated heterocycles. The topological polar surface area (TPSA) is 77.8 Å². The maximum atomic E-state index is 12.7. The molecule has 0 fully saturated rings. The number of alkyl carbamates (subject to hydrolysis) is 1. The number of amides is 1. The molecule has 0 aliphatic rings. The zero-order chi connectivity index (χ0) is 23.6. The normalized spacial score (nSPS) is 11.5. The third-order valence-corrected chi connectivity index (χ3v) is 5.14. The van der Waals surface area contributed by atoms with E-state index in [1.807, 2.05) is 36.4 Å². The second-order valence-corrected chi connectivity index (χ2v) is 8.71. The number of furan rings is 1. The molecule has 0 spiro atoms. The van der Waals surface area contributed by atoms with Crippen molar-refractivity contribution < 1.29 is 23.5 Å². The van der Waals surface area contributed by atoms with Gasteiger partial charge < -0.3 is 19.2 Å². The molecule has 0 bridgehead atoms. The third kappa shape index (κ3) is 4.85. The van der Waals surface area contributed by atoms with E-state index in [4.69, 9.17) is 13.9 Å². The summed E-state index contributed by atoms with van der Waals surface area (Å²) in [6.07, 6.45) is -0.589. The average molecular weight is 446 g/mol. The standard InChI is InChI=1S/C27H27NO5/c1-5-31-25(29)24-21-14-13-18(20-12-8-10-17-9-6-7-11-19(17)20)15-22(21)32-23(24)16-28-26(30)33-27(2,3)4/h6-15H,5,16H2,1-4H3,(H,28,30). The predicted octanol–water partition coefficient (Wildman–Crippen LogP) is 6.45. The molecular formula is C27H27NO5. The van der Waals surface area contributed by atoms with Crippen LogP contribution in [0.15, 0.2) is 65.1 Å². The molecule has 6 heteroatoms. The molecule has 1 amide bonds. The van der Waals surface area contributed by atoms with E-state index in [1.54, 1.807) is 27.7 Å². The van der Waals surface area contributed by atoms with Gasteiger partial charge in [-0.2, -0.15) is 0 Å². The number of ether oxygens (including phenoxy) is 2. The highest BCUT2D eigenvalue weighted by molar-refractivity contribution is 6.06. The van der Waals surface area contributed by atoms with Gasteiger partial charge in [0.25, 0.3) is 0 Å². The molecule has 1 aromatic heterocycles. The number of carbonyl (C=O) groups excluding carboxylic acids is 2. The second-order valence-electron chi connectivity index (χ2n) is 8.71. The highest BCUT2D eigenvalue weighted by Gasteiger charge is 2.24. The van der Waals surface area contributed by atoms with Gasteiger partial charge in [0.05, 0.1) is 13.2 Å². The van der Waals surface area contributed by atoms with Gasteiger partial charge in [-0.15, -0.1) is 0 Å². The second kappa shape index (κ2) is 8.98. The zero-order valence-corrected chi connectivity index (χ0v) is 19.2. The van der Waals surface area contributed by atoms with Crippen molar-refractivity contribution in [3.05, 3.63) is 72.0 Å². The fourth-order valence-electron chi connectivity index (χ4n) is 3.81. The molecule has 1 heterocycles. The van der Waals surface area contributed by atoms with Gasteiger partial charge in [-0.05, 0) is 61.7 Å². The average Bonchev–Trinajstić information content (AvgIpc) is 3.14. The number of benzene rings is 3. The van der Waals surface area contributed by atoms with Gasteiger partial charge in [0.1, 0.15) is 22.5 Å². The number of hydrogen-bond donors (Lipinski definition) is 1. The first-order valence-corrected chi connectivity index (χ1v) is 10.9. The molecule has 3 aromatic carbocycles. The first-order valence-electron chi connectivity index (χ1n) is 10.9. The van der Waals surface area contributed by atoms with Gasteiger partial charge in [0, 0.05) is 5.39 Å². The van der Waals surface area contributed by atoms with E-state index in [1.165, 1.54) is 0 Å². The van der Waals surface area contributed by atoms with Crippen molar-refractivity contribution >= 4 is 33.8 Å². The van der Waals surface area contributed by atoms with Crippen LogP contribution in [-0.2, 0) is 16.0 Å². The molecule has 0 radical (unpaired) electrons. The molecule has 0 saturated carbocycles. The van der Waals surface area contributed by atoms with Gasteiger partial charge in [-0.3, -0.25) is 0 Å². The third-order valence-electron chi connectivity index (χ3n) is 5.14. The largest absolute Gasteiger partial charge is 0.462 e. The Labute approximate surface area is 192 Å². The van der Waals surface area contributed by atoms with Crippen molar-refractivity contribution in [1.29, 1.82) is 0 Å². The van der Waals surface area contributed by atoms with Crippen LogP contribution in [0.3, 0.4) is 0 Å². The summed E-state index contributed by atoms with van der Waals surface area (Å²) in [7, 11) is 0. The Hall–Kier alpha value is -3.80. The summed E-state index contributed by atoms with van der Waals surface area (Å²) in [5.74, 6) is -0.167. The lowest BCUT2D eigenvalue weighted by atomic mass is 9.97. The summed E-state index contributed by atoms with van der Waals surface area (Å²) in [6, 6.07) is 20.1. The fourth-order valence-corrected chi connectivity index (χ4v) is 3.81. The molecule has 33 heavy (non-hydrogen) atoms. The van der Waals surface area contributed by atoms with Crippen LogP contribution in [0.25, 0.3) is 32.9 Å². The zero-order valence-electron chi connectivity index (χ0n) is 19.2. The van der Waals surface area contributed by atoms with Crippen LogP contribution < -0.4 is 5.32 Å². The van der Waals surface area contributed by atoms with Crippen LogP contribution >= 0.6 is 0 Å². The van der Waals surface area contributed by atoms with Crippen molar-refractivity contribution in [2.75, 3.05) is 6.61 Å². The number of fused-ring (bicyclic) bond motifs is 2. The van der Waals surface area contributed by atoms with Gasteiger partial charge in [-0.25, -0.2) is 9.59 Å².